The number of nitrogens with zero attached hydrogens (tertiary/aromatic N) is 1. The van der Waals surface area contributed by atoms with Crippen LogP contribution in [0.3, 0.4) is 0 Å². The number of nitro groups is 1. The summed E-state index contributed by atoms with van der Waals surface area (Å²) in [5.41, 5.74) is -1.91. The van der Waals surface area contributed by atoms with Crippen molar-refractivity contribution in [1.82, 2.24) is 0 Å². The number of phenols is 3. The zero-order valence-electron chi connectivity index (χ0n) is 12.7. The molecule has 3 aromatic rings. The SMILES string of the molecule is COc1ccc(-c2cc(=O)c3c(O)cc(O)c([N+](=O)[O-])c3o2)cc1O. The van der Waals surface area contributed by atoms with E-state index in [0.29, 0.717) is 6.07 Å². The van der Waals surface area contributed by atoms with Crippen molar-refractivity contribution in [3.05, 3.63) is 50.7 Å². The molecule has 0 radical (unpaired) electrons. The maximum atomic E-state index is 12.3. The predicted octanol–water partition coefficient (Wildman–Crippen LogP) is 2.49. The summed E-state index contributed by atoms with van der Waals surface area (Å²) in [7, 11) is 1.36. The van der Waals surface area contributed by atoms with E-state index in [0.717, 1.165) is 6.07 Å². The third-order valence-corrected chi connectivity index (χ3v) is 3.58. The van der Waals surface area contributed by atoms with Crippen LogP contribution >= 0.6 is 0 Å². The van der Waals surface area contributed by atoms with Crippen LogP contribution < -0.4 is 10.2 Å². The molecule has 0 unspecified atom stereocenters. The van der Waals surface area contributed by atoms with E-state index in [1.807, 2.05) is 0 Å². The molecule has 128 valence electrons. The molecule has 25 heavy (non-hydrogen) atoms. The van der Waals surface area contributed by atoms with Crippen LogP contribution in [0.5, 0.6) is 23.0 Å². The predicted molar refractivity (Wildman–Crippen MR) is 86.1 cm³/mol. The fourth-order valence-corrected chi connectivity index (χ4v) is 2.45. The Kier molecular flexibility index (Phi) is 3.68. The first-order valence-corrected chi connectivity index (χ1v) is 6.88. The summed E-state index contributed by atoms with van der Waals surface area (Å²) < 4.78 is 10.3. The van der Waals surface area contributed by atoms with Crippen molar-refractivity contribution >= 4 is 16.7 Å². The summed E-state index contributed by atoms with van der Waals surface area (Å²) in [5.74, 6) is -1.61. The van der Waals surface area contributed by atoms with Gasteiger partial charge in [0.15, 0.2) is 16.9 Å². The molecule has 9 nitrogen and oxygen atoms in total. The minimum atomic E-state index is -0.921. The fourth-order valence-electron chi connectivity index (χ4n) is 2.45. The number of hydrogen-bond acceptors (Lipinski definition) is 8. The first kappa shape index (κ1) is 16.1. The molecule has 0 bridgehead atoms. The Labute approximate surface area is 139 Å². The first-order valence-electron chi connectivity index (χ1n) is 6.88. The molecule has 0 aliphatic heterocycles. The number of rotatable bonds is 3. The summed E-state index contributed by atoms with van der Waals surface area (Å²) in [5, 5.41) is 40.1. The van der Waals surface area contributed by atoms with Gasteiger partial charge in [0.05, 0.1) is 12.0 Å². The summed E-state index contributed by atoms with van der Waals surface area (Å²) in [6.45, 7) is 0. The van der Waals surface area contributed by atoms with Crippen molar-refractivity contribution in [1.29, 1.82) is 0 Å². The standard InChI is InChI=1S/C16H11NO8/c1-24-12-3-2-7(4-8(12)18)13-6-10(20)14-9(19)5-11(21)15(17(22)23)16(14)25-13/h2-6,18-19,21H,1H3. The zero-order chi connectivity index (χ0) is 18.3. The highest BCUT2D eigenvalue weighted by Gasteiger charge is 2.26. The second kappa shape index (κ2) is 5.71. The number of aromatic hydroxyl groups is 3. The van der Waals surface area contributed by atoms with Crippen LogP contribution in [0.25, 0.3) is 22.3 Å². The van der Waals surface area contributed by atoms with E-state index in [9.17, 15) is 30.2 Å². The Morgan fingerprint density at radius 1 is 1.08 bits per heavy atom. The molecule has 1 heterocycles. The number of ether oxygens (including phenoxy) is 1. The number of hydrogen-bond donors (Lipinski definition) is 3. The van der Waals surface area contributed by atoms with E-state index in [-0.39, 0.29) is 22.8 Å². The third-order valence-electron chi connectivity index (χ3n) is 3.58. The van der Waals surface area contributed by atoms with Gasteiger partial charge in [-0.2, -0.15) is 0 Å². The minimum absolute atomic E-state index is 0.0939. The fraction of sp³-hybridized carbons (Fsp3) is 0.0625. The molecular formula is C16H11NO8. The number of phenolic OH excluding ortho intramolecular Hbond substituents is 3. The van der Waals surface area contributed by atoms with E-state index in [4.69, 9.17) is 9.15 Å². The van der Waals surface area contributed by atoms with Gasteiger partial charge in [-0.05, 0) is 18.2 Å². The quantitative estimate of drug-likeness (QED) is 0.485. The van der Waals surface area contributed by atoms with E-state index < -0.39 is 38.5 Å². The zero-order valence-corrected chi connectivity index (χ0v) is 12.7. The maximum absolute atomic E-state index is 12.3. The molecule has 0 aliphatic carbocycles. The number of methoxy groups -OCH3 is 1. The highest BCUT2D eigenvalue weighted by molar-refractivity contribution is 5.94. The van der Waals surface area contributed by atoms with Gasteiger partial charge in [-0.15, -0.1) is 0 Å². The molecule has 0 fully saturated rings. The topological polar surface area (TPSA) is 143 Å². The second-order valence-corrected chi connectivity index (χ2v) is 5.09. The summed E-state index contributed by atoms with van der Waals surface area (Å²) in [4.78, 5) is 22.5. The molecule has 2 aromatic carbocycles. The van der Waals surface area contributed by atoms with E-state index in [1.54, 1.807) is 0 Å². The van der Waals surface area contributed by atoms with Crippen molar-refractivity contribution < 1.29 is 29.4 Å². The van der Waals surface area contributed by atoms with E-state index >= 15 is 0 Å². The second-order valence-electron chi connectivity index (χ2n) is 5.09. The van der Waals surface area contributed by atoms with Crippen LogP contribution in [-0.4, -0.2) is 27.4 Å². The van der Waals surface area contributed by atoms with Crippen molar-refractivity contribution in [2.45, 2.75) is 0 Å². The van der Waals surface area contributed by atoms with Gasteiger partial charge in [-0.25, -0.2) is 0 Å². The van der Waals surface area contributed by atoms with Crippen LogP contribution in [0.2, 0.25) is 0 Å². The van der Waals surface area contributed by atoms with Crippen molar-refractivity contribution in [3.63, 3.8) is 0 Å². The van der Waals surface area contributed by atoms with Gasteiger partial charge in [0.1, 0.15) is 16.9 Å². The van der Waals surface area contributed by atoms with E-state index in [2.05, 4.69) is 0 Å². The monoisotopic (exact) mass is 345 g/mol. The van der Waals surface area contributed by atoms with Gasteiger partial charge in [-0.1, -0.05) is 0 Å². The van der Waals surface area contributed by atoms with Crippen molar-refractivity contribution in [2.24, 2.45) is 0 Å². The van der Waals surface area contributed by atoms with Crippen LogP contribution in [0, 0.1) is 10.1 Å². The van der Waals surface area contributed by atoms with E-state index in [1.165, 1.54) is 25.3 Å². The Morgan fingerprint density at radius 3 is 2.40 bits per heavy atom. The third kappa shape index (κ3) is 2.57. The molecule has 0 saturated carbocycles. The molecule has 3 rings (SSSR count). The van der Waals surface area contributed by atoms with Crippen molar-refractivity contribution in [3.8, 4) is 34.3 Å². The lowest BCUT2D eigenvalue weighted by atomic mass is 10.1. The van der Waals surface area contributed by atoms with Gasteiger partial charge in [0.25, 0.3) is 0 Å². The number of benzene rings is 2. The summed E-state index contributed by atoms with van der Waals surface area (Å²) in [6, 6.07) is 5.86. The highest BCUT2D eigenvalue weighted by atomic mass is 16.6. The lowest BCUT2D eigenvalue weighted by molar-refractivity contribution is -0.384. The number of fused-ring (bicyclic) bond motifs is 1. The largest absolute Gasteiger partial charge is 0.507 e. The highest BCUT2D eigenvalue weighted by Crippen LogP contribution is 2.40. The molecule has 1 aromatic heterocycles. The molecule has 0 aliphatic rings. The first-order chi connectivity index (χ1) is 11.8. The van der Waals surface area contributed by atoms with Gasteiger partial charge >= 0.3 is 5.69 Å². The molecule has 0 amide bonds. The smallest absolute Gasteiger partial charge is 0.353 e. The number of nitro benzene ring substituents is 1. The van der Waals surface area contributed by atoms with Gasteiger partial charge in [-0.3, -0.25) is 14.9 Å². The molecule has 9 heteroatoms. The van der Waals surface area contributed by atoms with Crippen LogP contribution in [0.4, 0.5) is 5.69 Å². The van der Waals surface area contributed by atoms with Crippen molar-refractivity contribution in [2.75, 3.05) is 7.11 Å². The lowest BCUT2D eigenvalue weighted by Crippen LogP contribution is -2.03. The molecular weight excluding hydrogens is 334 g/mol. The van der Waals surface area contributed by atoms with Crippen LogP contribution in [0.15, 0.2) is 39.5 Å². The summed E-state index contributed by atoms with van der Waals surface area (Å²) in [6.07, 6.45) is 0. The Bertz CT molecular complexity index is 1070. The molecule has 0 saturated heterocycles. The van der Waals surface area contributed by atoms with Crippen LogP contribution in [0.1, 0.15) is 0 Å². The molecule has 0 spiro atoms. The summed E-state index contributed by atoms with van der Waals surface area (Å²) >= 11 is 0. The Hall–Kier alpha value is -3.75. The Morgan fingerprint density at radius 2 is 1.80 bits per heavy atom. The average Bonchev–Trinajstić information content (AvgIpc) is 2.53. The lowest BCUT2D eigenvalue weighted by Gasteiger charge is -2.08. The van der Waals surface area contributed by atoms with Crippen LogP contribution in [-0.2, 0) is 0 Å². The van der Waals surface area contributed by atoms with Gasteiger partial charge < -0.3 is 24.5 Å². The Balaban J connectivity index is 2.36. The molecule has 0 atom stereocenters. The van der Waals surface area contributed by atoms with Gasteiger partial charge in [0, 0.05) is 17.7 Å². The minimum Gasteiger partial charge on any atom is -0.507 e. The molecule has 3 N–H and O–H groups in total. The average molecular weight is 345 g/mol. The normalized spacial score (nSPS) is 10.8. The maximum Gasteiger partial charge on any atom is 0.353 e. The van der Waals surface area contributed by atoms with Gasteiger partial charge in [0.2, 0.25) is 11.3 Å².